The summed E-state index contributed by atoms with van der Waals surface area (Å²) in [5.41, 5.74) is 6.59. The first kappa shape index (κ1) is 12.7. The molecule has 0 spiro atoms. The van der Waals surface area contributed by atoms with E-state index < -0.39 is 0 Å². The van der Waals surface area contributed by atoms with Gasteiger partial charge in [-0.2, -0.15) is 0 Å². The zero-order valence-corrected chi connectivity index (χ0v) is 10.6. The molecule has 2 rings (SSSR count). The van der Waals surface area contributed by atoms with Crippen LogP contribution in [0.3, 0.4) is 0 Å². The van der Waals surface area contributed by atoms with E-state index in [1.807, 2.05) is 18.2 Å². The van der Waals surface area contributed by atoms with Crippen molar-refractivity contribution >= 4 is 11.6 Å². The molecule has 1 aromatic carbocycles. The van der Waals surface area contributed by atoms with Gasteiger partial charge in [-0.3, -0.25) is 0 Å². The molecule has 1 aliphatic rings. The summed E-state index contributed by atoms with van der Waals surface area (Å²) in [4.78, 5) is 0. The molecule has 1 fully saturated rings. The predicted octanol–water partition coefficient (Wildman–Crippen LogP) is 2.40. The highest BCUT2D eigenvalue weighted by molar-refractivity contribution is 6.31. The molecule has 1 aliphatic heterocycles. The topological polar surface area (TPSA) is 44.5 Å². The lowest BCUT2D eigenvalue weighted by Gasteiger charge is -2.24. The quantitative estimate of drug-likeness (QED) is 0.899. The van der Waals surface area contributed by atoms with Gasteiger partial charge in [-0.1, -0.05) is 17.7 Å². The van der Waals surface area contributed by atoms with Crippen molar-refractivity contribution in [3.63, 3.8) is 0 Å². The Hall–Kier alpha value is -0.770. The SMILES string of the molecule is NCCc1c(Cl)cccc1OC1CCCOC1. The minimum atomic E-state index is 0.138. The summed E-state index contributed by atoms with van der Waals surface area (Å²) in [5.74, 6) is 0.846. The minimum absolute atomic E-state index is 0.138. The zero-order valence-electron chi connectivity index (χ0n) is 9.82. The van der Waals surface area contributed by atoms with Gasteiger partial charge >= 0.3 is 0 Å². The molecule has 0 bridgehead atoms. The third-order valence-electron chi connectivity index (χ3n) is 2.88. The van der Waals surface area contributed by atoms with Crippen molar-refractivity contribution in [3.05, 3.63) is 28.8 Å². The third-order valence-corrected chi connectivity index (χ3v) is 3.24. The molecular weight excluding hydrogens is 238 g/mol. The first-order valence-corrected chi connectivity index (χ1v) is 6.41. The molecule has 17 heavy (non-hydrogen) atoms. The number of benzene rings is 1. The largest absolute Gasteiger partial charge is 0.488 e. The molecule has 0 aliphatic carbocycles. The Bertz CT molecular complexity index is 364. The highest BCUT2D eigenvalue weighted by atomic mass is 35.5. The molecule has 0 radical (unpaired) electrons. The zero-order chi connectivity index (χ0) is 12.1. The average Bonchev–Trinajstić information content (AvgIpc) is 2.35. The van der Waals surface area contributed by atoms with Crippen LogP contribution in [0.1, 0.15) is 18.4 Å². The lowest BCUT2D eigenvalue weighted by molar-refractivity contribution is 0.00706. The smallest absolute Gasteiger partial charge is 0.124 e. The van der Waals surface area contributed by atoms with E-state index in [1.165, 1.54) is 0 Å². The Labute approximate surface area is 107 Å². The van der Waals surface area contributed by atoms with E-state index in [-0.39, 0.29) is 6.10 Å². The van der Waals surface area contributed by atoms with Crippen LogP contribution in [0, 0.1) is 0 Å². The number of hydrogen-bond donors (Lipinski definition) is 1. The molecule has 1 unspecified atom stereocenters. The second-order valence-electron chi connectivity index (χ2n) is 4.21. The van der Waals surface area contributed by atoms with Crippen LogP contribution in [0.15, 0.2) is 18.2 Å². The summed E-state index contributed by atoms with van der Waals surface area (Å²) in [7, 11) is 0. The van der Waals surface area contributed by atoms with Gasteiger partial charge < -0.3 is 15.2 Å². The van der Waals surface area contributed by atoms with Crippen LogP contribution in [0.25, 0.3) is 0 Å². The van der Waals surface area contributed by atoms with E-state index in [9.17, 15) is 0 Å². The summed E-state index contributed by atoms with van der Waals surface area (Å²) in [6.45, 7) is 2.07. The van der Waals surface area contributed by atoms with Gasteiger partial charge in [0.1, 0.15) is 11.9 Å². The molecule has 94 valence electrons. The number of ether oxygens (including phenoxy) is 2. The maximum absolute atomic E-state index is 6.16. The number of rotatable bonds is 4. The van der Waals surface area contributed by atoms with Gasteiger partial charge in [0.05, 0.1) is 6.61 Å². The van der Waals surface area contributed by atoms with Crippen molar-refractivity contribution < 1.29 is 9.47 Å². The van der Waals surface area contributed by atoms with Crippen molar-refractivity contribution in [2.45, 2.75) is 25.4 Å². The molecular formula is C13H18ClNO2. The number of halogens is 1. The van der Waals surface area contributed by atoms with E-state index in [2.05, 4.69) is 0 Å². The van der Waals surface area contributed by atoms with Crippen LogP contribution in [0.4, 0.5) is 0 Å². The van der Waals surface area contributed by atoms with E-state index in [4.69, 9.17) is 26.8 Å². The van der Waals surface area contributed by atoms with Gasteiger partial charge in [0.2, 0.25) is 0 Å². The lowest BCUT2D eigenvalue weighted by Crippen LogP contribution is -2.28. The molecule has 1 heterocycles. The summed E-state index contributed by atoms with van der Waals surface area (Å²) < 4.78 is 11.4. The van der Waals surface area contributed by atoms with Crippen molar-refractivity contribution in [2.24, 2.45) is 5.73 Å². The fourth-order valence-electron chi connectivity index (χ4n) is 2.02. The Balaban J connectivity index is 2.10. The summed E-state index contributed by atoms with van der Waals surface area (Å²) >= 11 is 6.16. The standard InChI is InChI=1S/C13H18ClNO2/c14-12-4-1-5-13(11(12)6-7-15)17-10-3-2-8-16-9-10/h1,4-5,10H,2-3,6-9,15H2. The molecule has 0 amide bonds. The number of nitrogens with two attached hydrogens (primary N) is 1. The van der Waals surface area contributed by atoms with E-state index in [1.54, 1.807) is 0 Å². The fourth-order valence-corrected chi connectivity index (χ4v) is 2.28. The number of hydrogen-bond acceptors (Lipinski definition) is 3. The summed E-state index contributed by atoms with van der Waals surface area (Å²) in [6, 6.07) is 5.73. The van der Waals surface area contributed by atoms with Crippen molar-refractivity contribution in [2.75, 3.05) is 19.8 Å². The van der Waals surface area contributed by atoms with Crippen LogP contribution in [-0.2, 0) is 11.2 Å². The molecule has 1 aromatic rings. The molecule has 2 N–H and O–H groups in total. The van der Waals surface area contributed by atoms with Crippen LogP contribution in [-0.4, -0.2) is 25.9 Å². The van der Waals surface area contributed by atoms with Gasteiger partial charge in [-0.05, 0) is 37.9 Å². The van der Waals surface area contributed by atoms with E-state index in [0.717, 1.165) is 42.2 Å². The average molecular weight is 256 g/mol. The monoisotopic (exact) mass is 255 g/mol. The fraction of sp³-hybridized carbons (Fsp3) is 0.538. The first-order chi connectivity index (χ1) is 8.31. The third kappa shape index (κ3) is 3.35. The Morgan fingerprint density at radius 2 is 2.35 bits per heavy atom. The summed E-state index contributed by atoms with van der Waals surface area (Å²) in [5, 5.41) is 0.727. The molecule has 1 saturated heterocycles. The summed E-state index contributed by atoms with van der Waals surface area (Å²) in [6.07, 6.45) is 2.97. The molecule has 1 atom stereocenters. The van der Waals surface area contributed by atoms with Gasteiger partial charge in [0, 0.05) is 17.2 Å². The van der Waals surface area contributed by atoms with Gasteiger partial charge in [-0.25, -0.2) is 0 Å². The van der Waals surface area contributed by atoms with Crippen molar-refractivity contribution in [3.8, 4) is 5.75 Å². The van der Waals surface area contributed by atoms with Crippen LogP contribution in [0.5, 0.6) is 5.75 Å². The van der Waals surface area contributed by atoms with Crippen molar-refractivity contribution in [1.82, 2.24) is 0 Å². The van der Waals surface area contributed by atoms with Crippen LogP contribution >= 0.6 is 11.6 Å². The van der Waals surface area contributed by atoms with Crippen molar-refractivity contribution in [1.29, 1.82) is 0 Å². The minimum Gasteiger partial charge on any atom is -0.488 e. The van der Waals surface area contributed by atoms with Crippen LogP contribution < -0.4 is 10.5 Å². The Morgan fingerprint density at radius 3 is 3.06 bits per heavy atom. The Morgan fingerprint density at radius 1 is 1.47 bits per heavy atom. The normalized spacial score (nSPS) is 20.2. The second-order valence-corrected chi connectivity index (χ2v) is 4.62. The molecule has 4 heteroatoms. The van der Waals surface area contributed by atoms with Gasteiger partial charge in [0.25, 0.3) is 0 Å². The van der Waals surface area contributed by atoms with E-state index >= 15 is 0 Å². The highest BCUT2D eigenvalue weighted by Gasteiger charge is 2.17. The van der Waals surface area contributed by atoms with Gasteiger partial charge in [-0.15, -0.1) is 0 Å². The predicted molar refractivity (Wildman–Crippen MR) is 68.7 cm³/mol. The Kier molecular flexibility index (Phi) is 4.66. The van der Waals surface area contributed by atoms with Gasteiger partial charge in [0.15, 0.2) is 0 Å². The molecule has 3 nitrogen and oxygen atoms in total. The highest BCUT2D eigenvalue weighted by Crippen LogP contribution is 2.28. The van der Waals surface area contributed by atoms with E-state index in [0.29, 0.717) is 13.2 Å². The molecule has 0 saturated carbocycles. The molecule has 0 aromatic heterocycles. The maximum atomic E-state index is 6.16. The van der Waals surface area contributed by atoms with Crippen LogP contribution in [0.2, 0.25) is 5.02 Å². The lowest BCUT2D eigenvalue weighted by atomic mass is 10.1. The first-order valence-electron chi connectivity index (χ1n) is 6.03. The second kappa shape index (κ2) is 6.24. The maximum Gasteiger partial charge on any atom is 0.124 e.